The lowest BCUT2D eigenvalue weighted by Crippen LogP contribution is -2.42. The standard InChI is InChI=1S/C11H13NO3.ClH/c13-11(12-6-8-14-9-7-12)15-10-4-2-1-3-5-10;/h1-5H,6-9H2;1H. The first-order valence-electron chi connectivity index (χ1n) is 4.96. The number of carbonyl (C=O) groups excluding carboxylic acids is 1. The summed E-state index contributed by atoms with van der Waals surface area (Å²) >= 11 is 0. The van der Waals surface area contributed by atoms with Gasteiger partial charge >= 0.3 is 6.09 Å². The van der Waals surface area contributed by atoms with E-state index in [4.69, 9.17) is 9.47 Å². The van der Waals surface area contributed by atoms with Gasteiger partial charge in [-0.05, 0) is 12.1 Å². The van der Waals surface area contributed by atoms with Crippen LogP contribution in [0.4, 0.5) is 4.79 Å². The quantitative estimate of drug-likeness (QED) is 0.757. The highest BCUT2D eigenvalue weighted by atomic mass is 35.5. The highest BCUT2D eigenvalue weighted by Gasteiger charge is 2.18. The summed E-state index contributed by atoms with van der Waals surface area (Å²) in [7, 11) is 0. The molecule has 0 spiro atoms. The van der Waals surface area contributed by atoms with Crippen molar-refractivity contribution in [1.29, 1.82) is 0 Å². The van der Waals surface area contributed by atoms with E-state index < -0.39 is 0 Å². The van der Waals surface area contributed by atoms with Gasteiger partial charge in [0.1, 0.15) is 5.75 Å². The molecule has 0 saturated carbocycles. The first-order valence-corrected chi connectivity index (χ1v) is 4.96. The molecule has 0 bridgehead atoms. The number of benzene rings is 1. The van der Waals surface area contributed by atoms with E-state index in [1.165, 1.54) is 0 Å². The Balaban J connectivity index is 0.00000128. The van der Waals surface area contributed by atoms with E-state index in [-0.39, 0.29) is 18.5 Å². The van der Waals surface area contributed by atoms with Crippen molar-refractivity contribution in [3.05, 3.63) is 30.3 Å². The maximum Gasteiger partial charge on any atom is 0.415 e. The molecule has 0 unspecified atom stereocenters. The van der Waals surface area contributed by atoms with Crippen molar-refractivity contribution in [3.8, 4) is 5.75 Å². The van der Waals surface area contributed by atoms with E-state index in [0.29, 0.717) is 32.1 Å². The van der Waals surface area contributed by atoms with Crippen LogP contribution in [-0.4, -0.2) is 37.3 Å². The second-order valence-electron chi connectivity index (χ2n) is 3.28. The average molecular weight is 244 g/mol. The van der Waals surface area contributed by atoms with Crippen LogP contribution in [0.3, 0.4) is 0 Å². The van der Waals surface area contributed by atoms with E-state index in [2.05, 4.69) is 0 Å². The third-order valence-electron chi connectivity index (χ3n) is 2.22. The molecule has 0 radical (unpaired) electrons. The minimum atomic E-state index is -0.301. The van der Waals surface area contributed by atoms with Gasteiger partial charge in [0.25, 0.3) is 0 Å². The van der Waals surface area contributed by atoms with Crippen molar-refractivity contribution in [2.75, 3.05) is 26.3 Å². The minimum absolute atomic E-state index is 0. The van der Waals surface area contributed by atoms with Crippen molar-refractivity contribution in [2.24, 2.45) is 0 Å². The fraction of sp³-hybridized carbons (Fsp3) is 0.364. The first-order chi connectivity index (χ1) is 7.36. The minimum Gasteiger partial charge on any atom is -0.410 e. The zero-order chi connectivity index (χ0) is 10.5. The van der Waals surface area contributed by atoms with E-state index in [9.17, 15) is 4.79 Å². The molecule has 1 heterocycles. The number of hydrogen-bond donors (Lipinski definition) is 0. The topological polar surface area (TPSA) is 38.8 Å². The maximum atomic E-state index is 11.6. The number of hydrogen-bond acceptors (Lipinski definition) is 3. The molecule has 1 aliphatic heterocycles. The Morgan fingerprint density at radius 1 is 1.19 bits per heavy atom. The molecule has 88 valence electrons. The molecule has 2 rings (SSSR count). The van der Waals surface area contributed by atoms with Crippen LogP contribution >= 0.6 is 12.4 Å². The van der Waals surface area contributed by atoms with E-state index >= 15 is 0 Å². The molecule has 1 aliphatic rings. The summed E-state index contributed by atoms with van der Waals surface area (Å²) in [6.07, 6.45) is -0.301. The summed E-state index contributed by atoms with van der Waals surface area (Å²) in [6, 6.07) is 9.08. The third-order valence-corrected chi connectivity index (χ3v) is 2.22. The van der Waals surface area contributed by atoms with Gasteiger partial charge in [-0.3, -0.25) is 0 Å². The molecule has 1 aromatic rings. The van der Waals surface area contributed by atoms with Gasteiger partial charge in [0.05, 0.1) is 13.2 Å². The van der Waals surface area contributed by atoms with Crippen molar-refractivity contribution >= 4 is 18.5 Å². The van der Waals surface area contributed by atoms with E-state index in [1.807, 2.05) is 18.2 Å². The number of morpholine rings is 1. The number of carbonyl (C=O) groups is 1. The average Bonchev–Trinajstić information content (AvgIpc) is 2.31. The van der Waals surface area contributed by atoms with Crippen molar-refractivity contribution in [2.45, 2.75) is 0 Å². The molecule has 0 N–H and O–H groups in total. The second-order valence-corrected chi connectivity index (χ2v) is 3.28. The lowest BCUT2D eigenvalue weighted by atomic mass is 10.3. The number of halogens is 1. The maximum absolute atomic E-state index is 11.6. The van der Waals surface area contributed by atoms with Crippen molar-refractivity contribution < 1.29 is 14.3 Å². The van der Waals surface area contributed by atoms with Crippen molar-refractivity contribution in [3.63, 3.8) is 0 Å². The zero-order valence-corrected chi connectivity index (χ0v) is 9.61. The van der Waals surface area contributed by atoms with Crippen LogP contribution in [0.1, 0.15) is 0 Å². The molecular formula is C11H14ClNO3. The predicted molar refractivity (Wildman–Crippen MR) is 62.1 cm³/mol. The van der Waals surface area contributed by atoms with Gasteiger partial charge in [-0.15, -0.1) is 12.4 Å². The Bertz CT molecular complexity index is 325. The molecule has 1 saturated heterocycles. The summed E-state index contributed by atoms with van der Waals surface area (Å²) in [4.78, 5) is 13.3. The first kappa shape index (κ1) is 12.8. The lowest BCUT2D eigenvalue weighted by Gasteiger charge is -2.25. The summed E-state index contributed by atoms with van der Waals surface area (Å²) in [5.74, 6) is 0.578. The Kier molecular flexibility index (Phi) is 5.08. The Morgan fingerprint density at radius 3 is 2.44 bits per heavy atom. The fourth-order valence-corrected chi connectivity index (χ4v) is 1.40. The summed E-state index contributed by atoms with van der Waals surface area (Å²) in [5, 5.41) is 0. The normalized spacial score (nSPS) is 15.1. The van der Waals surface area contributed by atoms with Gasteiger partial charge in [0, 0.05) is 13.1 Å². The van der Waals surface area contributed by atoms with E-state index in [1.54, 1.807) is 17.0 Å². The molecule has 1 aromatic carbocycles. The lowest BCUT2D eigenvalue weighted by molar-refractivity contribution is 0.0416. The van der Waals surface area contributed by atoms with Gasteiger partial charge in [0.2, 0.25) is 0 Å². The van der Waals surface area contributed by atoms with Crippen LogP contribution < -0.4 is 4.74 Å². The molecule has 1 fully saturated rings. The number of ether oxygens (including phenoxy) is 2. The van der Waals surface area contributed by atoms with Crippen LogP contribution in [0.2, 0.25) is 0 Å². The summed E-state index contributed by atoms with van der Waals surface area (Å²) < 4.78 is 10.3. The number of para-hydroxylation sites is 1. The molecule has 1 amide bonds. The molecule has 5 heteroatoms. The molecule has 0 atom stereocenters. The molecule has 4 nitrogen and oxygen atoms in total. The number of amides is 1. The number of nitrogens with zero attached hydrogens (tertiary/aromatic N) is 1. The molecule has 0 aromatic heterocycles. The van der Waals surface area contributed by atoms with Gasteiger partial charge in [-0.25, -0.2) is 4.79 Å². The van der Waals surface area contributed by atoms with Crippen LogP contribution in [0.5, 0.6) is 5.75 Å². The monoisotopic (exact) mass is 243 g/mol. The SMILES string of the molecule is Cl.O=C(Oc1ccccc1)N1CCOCC1. The van der Waals surface area contributed by atoms with Crippen LogP contribution in [0.15, 0.2) is 30.3 Å². The van der Waals surface area contributed by atoms with Crippen LogP contribution in [0, 0.1) is 0 Å². The summed E-state index contributed by atoms with van der Waals surface area (Å²) in [6.45, 7) is 2.38. The molecular weight excluding hydrogens is 230 g/mol. The van der Waals surface area contributed by atoms with Gasteiger partial charge < -0.3 is 14.4 Å². The molecule has 16 heavy (non-hydrogen) atoms. The van der Waals surface area contributed by atoms with Gasteiger partial charge in [-0.2, -0.15) is 0 Å². The zero-order valence-electron chi connectivity index (χ0n) is 8.80. The van der Waals surface area contributed by atoms with Gasteiger partial charge in [-0.1, -0.05) is 18.2 Å². The Morgan fingerprint density at radius 2 is 1.81 bits per heavy atom. The second kappa shape index (κ2) is 6.35. The predicted octanol–water partition coefficient (Wildman–Crippen LogP) is 1.94. The number of rotatable bonds is 1. The van der Waals surface area contributed by atoms with Gasteiger partial charge in [0.15, 0.2) is 0 Å². The van der Waals surface area contributed by atoms with Crippen molar-refractivity contribution in [1.82, 2.24) is 4.90 Å². The van der Waals surface area contributed by atoms with Crippen LogP contribution in [0.25, 0.3) is 0 Å². The third kappa shape index (κ3) is 3.40. The summed E-state index contributed by atoms with van der Waals surface area (Å²) in [5.41, 5.74) is 0. The van der Waals surface area contributed by atoms with E-state index in [0.717, 1.165) is 0 Å². The highest BCUT2D eigenvalue weighted by Crippen LogP contribution is 2.10. The fourth-order valence-electron chi connectivity index (χ4n) is 1.40. The Labute approximate surface area is 101 Å². The smallest absolute Gasteiger partial charge is 0.410 e. The van der Waals surface area contributed by atoms with Crippen LogP contribution in [-0.2, 0) is 4.74 Å². The Hall–Kier alpha value is -1.26. The molecule has 0 aliphatic carbocycles. The highest BCUT2D eigenvalue weighted by molar-refractivity contribution is 5.85. The largest absolute Gasteiger partial charge is 0.415 e.